The second kappa shape index (κ2) is 7.39. The lowest BCUT2D eigenvalue weighted by atomic mass is 9.96. The van der Waals surface area contributed by atoms with Crippen LogP contribution in [0.1, 0.15) is 22.7 Å². The molecule has 5 heterocycles. The Balaban J connectivity index is 0.00000204. The largest absolute Gasteiger partial charge is 0.493 e. The summed E-state index contributed by atoms with van der Waals surface area (Å²) in [5.41, 5.74) is 4.91. The summed E-state index contributed by atoms with van der Waals surface area (Å²) in [5.74, 6) is 1.80. The fourth-order valence-electron chi connectivity index (χ4n) is 4.35. The average molecular weight is 440 g/mol. The Morgan fingerprint density at radius 3 is 2.81 bits per heavy atom. The predicted octanol–water partition coefficient (Wildman–Crippen LogP) is 4.14. The first-order chi connectivity index (χ1) is 14.7. The number of fused-ring (bicyclic) bond motifs is 3. The van der Waals surface area contributed by atoms with E-state index in [9.17, 15) is 4.39 Å². The SMILES string of the molecule is Cc1ncccc1-c1cc2c(n3cnnc13)NCc1c(F)ccc3c1[C@@H](CO3)CO2.Cl. The van der Waals surface area contributed by atoms with E-state index in [1.165, 1.54) is 6.07 Å². The lowest BCUT2D eigenvalue weighted by Crippen LogP contribution is -2.13. The highest BCUT2D eigenvalue weighted by Crippen LogP contribution is 2.42. The summed E-state index contributed by atoms with van der Waals surface area (Å²) in [6, 6.07) is 9.01. The first-order valence-corrected chi connectivity index (χ1v) is 9.80. The maximum atomic E-state index is 14.7. The molecular weight excluding hydrogens is 421 g/mol. The number of rotatable bonds is 1. The van der Waals surface area contributed by atoms with Gasteiger partial charge >= 0.3 is 0 Å². The number of aryl methyl sites for hydroxylation is 1. The fourth-order valence-corrected chi connectivity index (χ4v) is 4.35. The van der Waals surface area contributed by atoms with Crippen molar-refractivity contribution in [2.75, 3.05) is 18.5 Å². The van der Waals surface area contributed by atoms with Crippen molar-refractivity contribution < 1.29 is 13.9 Å². The van der Waals surface area contributed by atoms with Crippen LogP contribution in [0.25, 0.3) is 16.8 Å². The topological polar surface area (TPSA) is 73.6 Å². The number of ether oxygens (including phenoxy) is 2. The zero-order chi connectivity index (χ0) is 20.2. The molecule has 4 aromatic rings. The maximum absolute atomic E-state index is 14.7. The third kappa shape index (κ3) is 2.97. The first-order valence-electron chi connectivity index (χ1n) is 9.80. The molecule has 0 saturated heterocycles. The van der Waals surface area contributed by atoms with Crippen LogP contribution in [-0.2, 0) is 6.54 Å². The van der Waals surface area contributed by atoms with E-state index in [1.54, 1.807) is 18.6 Å². The van der Waals surface area contributed by atoms with E-state index in [-0.39, 0.29) is 24.1 Å². The van der Waals surface area contributed by atoms with Crippen LogP contribution in [0.2, 0.25) is 0 Å². The van der Waals surface area contributed by atoms with E-state index in [4.69, 9.17) is 9.47 Å². The molecule has 6 rings (SSSR count). The number of hydrogen-bond donors (Lipinski definition) is 1. The minimum absolute atomic E-state index is 0. The zero-order valence-electron chi connectivity index (χ0n) is 16.6. The van der Waals surface area contributed by atoms with Crippen LogP contribution in [0.4, 0.5) is 10.2 Å². The molecule has 0 aliphatic carbocycles. The Labute approximate surface area is 183 Å². The molecule has 1 atom stereocenters. The van der Waals surface area contributed by atoms with Crippen molar-refractivity contribution >= 4 is 23.9 Å². The number of anilines is 1. The van der Waals surface area contributed by atoms with Crippen molar-refractivity contribution in [2.45, 2.75) is 19.4 Å². The van der Waals surface area contributed by atoms with Gasteiger partial charge in [0.1, 0.15) is 17.9 Å². The van der Waals surface area contributed by atoms with Crippen LogP contribution < -0.4 is 14.8 Å². The molecule has 31 heavy (non-hydrogen) atoms. The van der Waals surface area contributed by atoms with Gasteiger partial charge in [0.15, 0.2) is 17.2 Å². The van der Waals surface area contributed by atoms with Gasteiger partial charge in [0.2, 0.25) is 0 Å². The summed E-state index contributed by atoms with van der Waals surface area (Å²) in [6.45, 7) is 3.13. The van der Waals surface area contributed by atoms with E-state index in [1.807, 2.05) is 29.5 Å². The van der Waals surface area contributed by atoms with Crippen molar-refractivity contribution in [3.05, 3.63) is 65.5 Å². The molecule has 1 aromatic carbocycles. The predicted molar refractivity (Wildman–Crippen MR) is 116 cm³/mol. The molecule has 2 aliphatic rings. The van der Waals surface area contributed by atoms with Crippen LogP contribution in [0, 0.1) is 12.7 Å². The minimum Gasteiger partial charge on any atom is -0.493 e. The third-order valence-corrected chi connectivity index (χ3v) is 5.82. The van der Waals surface area contributed by atoms with Gasteiger partial charge in [-0.2, -0.15) is 0 Å². The van der Waals surface area contributed by atoms with Crippen LogP contribution in [0.15, 0.2) is 42.9 Å². The monoisotopic (exact) mass is 439 g/mol. The molecule has 0 amide bonds. The normalized spacial score (nSPS) is 16.5. The zero-order valence-corrected chi connectivity index (χ0v) is 17.4. The van der Waals surface area contributed by atoms with Gasteiger partial charge in [-0.1, -0.05) is 6.07 Å². The summed E-state index contributed by atoms with van der Waals surface area (Å²) in [5, 5.41) is 11.8. The average Bonchev–Trinajstić information content (AvgIpc) is 3.40. The summed E-state index contributed by atoms with van der Waals surface area (Å²) < 4.78 is 28.6. The van der Waals surface area contributed by atoms with Crippen molar-refractivity contribution in [3.8, 4) is 22.6 Å². The number of benzene rings is 1. The van der Waals surface area contributed by atoms with Gasteiger partial charge in [-0.25, -0.2) is 4.39 Å². The van der Waals surface area contributed by atoms with Gasteiger partial charge in [-0.05, 0) is 31.2 Å². The van der Waals surface area contributed by atoms with Crippen molar-refractivity contribution in [3.63, 3.8) is 0 Å². The summed E-state index contributed by atoms with van der Waals surface area (Å²) >= 11 is 0. The minimum atomic E-state index is -0.247. The van der Waals surface area contributed by atoms with E-state index in [2.05, 4.69) is 20.5 Å². The molecule has 0 fully saturated rings. The molecule has 0 bridgehead atoms. The van der Waals surface area contributed by atoms with Crippen LogP contribution in [0.3, 0.4) is 0 Å². The molecule has 0 saturated carbocycles. The Morgan fingerprint density at radius 2 is 1.97 bits per heavy atom. The molecule has 2 aliphatic heterocycles. The van der Waals surface area contributed by atoms with E-state index in [0.29, 0.717) is 42.5 Å². The number of pyridine rings is 2. The highest BCUT2D eigenvalue weighted by Gasteiger charge is 2.31. The summed E-state index contributed by atoms with van der Waals surface area (Å²) in [4.78, 5) is 4.40. The van der Waals surface area contributed by atoms with Crippen LogP contribution in [-0.4, -0.2) is 32.8 Å². The molecule has 0 unspecified atom stereocenters. The van der Waals surface area contributed by atoms with Gasteiger partial charge < -0.3 is 14.8 Å². The van der Waals surface area contributed by atoms with Crippen molar-refractivity contribution in [1.82, 2.24) is 19.6 Å². The molecular formula is C22H19ClFN5O2. The number of hydrogen-bond acceptors (Lipinski definition) is 6. The molecule has 158 valence electrons. The van der Waals surface area contributed by atoms with Gasteiger partial charge in [0.05, 0.1) is 19.1 Å². The van der Waals surface area contributed by atoms with E-state index < -0.39 is 0 Å². The second-order valence-electron chi connectivity index (χ2n) is 7.54. The molecule has 7 nitrogen and oxygen atoms in total. The molecule has 1 N–H and O–H groups in total. The Kier molecular flexibility index (Phi) is 4.66. The lowest BCUT2D eigenvalue weighted by molar-refractivity contribution is 0.249. The number of nitrogens with one attached hydrogen (secondary N) is 1. The number of aromatic nitrogens is 4. The Bertz CT molecular complexity index is 1310. The van der Waals surface area contributed by atoms with Gasteiger partial charge in [0, 0.05) is 40.7 Å². The smallest absolute Gasteiger partial charge is 0.170 e. The summed E-state index contributed by atoms with van der Waals surface area (Å²) in [7, 11) is 0. The van der Waals surface area contributed by atoms with Crippen LogP contribution in [0.5, 0.6) is 11.5 Å². The number of nitrogens with zero attached hydrogens (tertiary/aromatic N) is 4. The molecule has 0 radical (unpaired) electrons. The summed E-state index contributed by atoms with van der Waals surface area (Å²) in [6.07, 6.45) is 3.40. The van der Waals surface area contributed by atoms with E-state index in [0.717, 1.165) is 28.1 Å². The first kappa shape index (κ1) is 19.6. The van der Waals surface area contributed by atoms with Crippen molar-refractivity contribution in [1.29, 1.82) is 0 Å². The quantitative estimate of drug-likeness (QED) is 0.480. The van der Waals surface area contributed by atoms with Crippen molar-refractivity contribution in [2.24, 2.45) is 0 Å². The Morgan fingerprint density at radius 1 is 1.13 bits per heavy atom. The second-order valence-corrected chi connectivity index (χ2v) is 7.54. The Hall–Kier alpha value is -3.39. The van der Waals surface area contributed by atoms with E-state index >= 15 is 0 Å². The third-order valence-electron chi connectivity index (χ3n) is 5.82. The molecule has 9 heteroatoms. The maximum Gasteiger partial charge on any atom is 0.170 e. The fraction of sp³-hybridized carbons (Fsp3) is 0.227. The highest BCUT2D eigenvalue weighted by molar-refractivity contribution is 5.85. The van der Waals surface area contributed by atoms with Crippen LogP contribution >= 0.6 is 12.4 Å². The number of halogens is 2. The van der Waals surface area contributed by atoms with Gasteiger partial charge in [0.25, 0.3) is 0 Å². The molecule has 0 spiro atoms. The van der Waals surface area contributed by atoms with Gasteiger partial charge in [-0.15, -0.1) is 22.6 Å². The van der Waals surface area contributed by atoms with Gasteiger partial charge in [-0.3, -0.25) is 9.38 Å². The molecule has 3 aromatic heterocycles. The lowest BCUT2D eigenvalue weighted by Gasteiger charge is -2.17. The highest BCUT2D eigenvalue weighted by atomic mass is 35.5. The standard InChI is InChI=1S/C22H18FN5O2.ClH/c1-12-14(3-2-6-24-12)15-7-19-22(28-11-26-27-21(15)28)25-8-16-17(23)4-5-18-20(16)13(9-29-18)10-30-19;/h2-7,11,13,25H,8-10H2,1H3;1H/t13-;/m0./s1.